The van der Waals surface area contributed by atoms with Crippen molar-refractivity contribution in [3.63, 3.8) is 0 Å². The van der Waals surface area contributed by atoms with Gasteiger partial charge in [-0.25, -0.2) is 0 Å². The van der Waals surface area contributed by atoms with Gasteiger partial charge in [0.25, 0.3) is 11.1 Å². The fraction of sp³-hybridized carbons (Fsp3) is 0.0588. The van der Waals surface area contributed by atoms with Crippen molar-refractivity contribution >= 4 is 29.0 Å². The molecule has 1 aliphatic heterocycles. The molecule has 0 radical (unpaired) electrons. The summed E-state index contributed by atoms with van der Waals surface area (Å²) in [5.74, 6) is -0.508. The molecule has 0 atom stereocenters. The third-order valence-electron chi connectivity index (χ3n) is 3.37. The SMILES string of the molecule is O=C1NC(=O)C(=Cc2cccc(-c3ccccc3C(F)(F)F)c2)S1. The first kappa shape index (κ1) is 16.3. The van der Waals surface area contributed by atoms with E-state index in [1.165, 1.54) is 24.3 Å². The Morgan fingerprint density at radius 1 is 1.00 bits per heavy atom. The highest BCUT2D eigenvalue weighted by atomic mass is 32.2. The number of rotatable bonds is 2. The summed E-state index contributed by atoms with van der Waals surface area (Å²) in [4.78, 5) is 22.9. The Labute approximate surface area is 139 Å². The number of carbonyl (C=O) groups is 2. The summed E-state index contributed by atoms with van der Waals surface area (Å²) in [7, 11) is 0. The standard InChI is InChI=1S/C17H10F3NO2S/c18-17(19,20)13-7-2-1-6-12(13)11-5-3-4-10(8-11)9-14-15(22)21-16(23)24-14/h1-9H,(H,21,22,23). The molecule has 2 aromatic rings. The van der Waals surface area contributed by atoms with Gasteiger partial charge >= 0.3 is 6.18 Å². The quantitative estimate of drug-likeness (QED) is 0.800. The molecule has 1 saturated heterocycles. The van der Waals surface area contributed by atoms with Gasteiger partial charge in [0.1, 0.15) is 0 Å². The van der Waals surface area contributed by atoms with Crippen molar-refractivity contribution in [1.82, 2.24) is 5.32 Å². The third-order valence-corrected chi connectivity index (χ3v) is 4.18. The molecule has 1 N–H and O–H groups in total. The van der Waals surface area contributed by atoms with Crippen LogP contribution in [-0.2, 0) is 11.0 Å². The number of amides is 2. The summed E-state index contributed by atoms with van der Waals surface area (Å²) < 4.78 is 39.5. The molecule has 0 aliphatic carbocycles. The number of imide groups is 1. The van der Waals surface area contributed by atoms with Crippen LogP contribution in [-0.4, -0.2) is 11.1 Å². The lowest BCUT2D eigenvalue weighted by molar-refractivity contribution is -0.137. The number of carbonyl (C=O) groups excluding carboxylic acids is 2. The Kier molecular flexibility index (Phi) is 4.19. The van der Waals surface area contributed by atoms with Gasteiger partial charge in [0.2, 0.25) is 0 Å². The lowest BCUT2D eigenvalue weighted by atomic mass is 9.97. The maximum Gasteiger partial charge on any atom is 0.417 e. The first-order valence-corrected chi connectivity index (χ1v) is 7.68. The van der Waals surface area contributed by atoms with E-state index in [-0.39, 0.29) is 10.5 Å². The zero-order valence-electron chi connectivity index (χ0n) is 12.1. The zero-order valence-corrected chi connectivity index (χ0v) is 12.9. The largest absolute Gasteiger partial charge is 0.417 e. The maximum atomic E-state index is 13.2. The molecule has 3 nitrogen and oxygen atoms in total. The first-order chi connectivity index (χ1) is 11.3. The normalized spacial score (nSPS) is 16.5. The van der Waals surface area contributed by atoms with Crippen molar-refractivity contribution < 1.29 is 22.8 Å². The van der Waals surface area contributed by atoms with Gasteiger partial charge in [-0.3, -0.25) is 14.9 Å². The van der Waals surface area contributed by atoms with Gasteiger partial charge in [-0.2, -0.15) is 13.2 Å². The predicted molar refractivity (Wildman–Crippen MR) is 86.0 cm³/mol. The first-order valence-electron chi connectivity index (χ1n) is 6.86. The number of thioether (sulfide) groups is 1. The Balaban J connectivity index is 2.03. The van der Waals surface area contributed by atoms with E-state index in [1.54, 1.807) is 24.3 Å². The average Bonchev–Trinajstić information content (AvgIpc) is 2.84. The number of hydrogen-bond acceptors (Lipinski definition) is 3. The Morgan fingerprint density at radius 2 is 1.75 bits per heavy atom. The topological polar surface area (TPSA) is 46.2 Å². The molecule has 3 rings (SSSR count). The van der Waals surface area contributed by atoms with Crippen LogP contribution in [0.15, 0.2) is 53.4 Å². The maximum absolute atomic E-state index is 13.2. The highest BCUT2D eigenvalue weighted by Gasteiger charge is 2.33. The van der Waals surface area contributed by atoms with E-state index in [1.807, 2.05) is 0 Å². The summed E-state index contributed by atoms with van der Waals surface area (Å²) in [6.45, 7) is 0. The van der Waals surface area contributed by atoms with Crippen LogP contribution in [0.1, 0.15) is 11.1 Å². The van der Waals surface area contributed by atoms with Crippen molar-refractivity contribution in [3.05, 3.63) is 64.6 Å². The molecule has 1 aliphatic rings. The molecular formula is C17H10F3NO2S. The Bertz CT molecular complexity index is 859. The van der Waals surface area contributed by atoms with E-state index in [0.29, 0.717) is 11.1 Å². The van der Waals surface area contributed by atoms with Crippen LogP contribution in [0.25, 0.3) is 17.2 Å². The molecule has 24 heavy (non-hydrogen) atoms. The van der Waals surface area contributed by atoms with E-state index in [4.69, 9.17) is 0 Å². The number of halogens is 3. The van der Waals surface area contributed by atoms with Crippen LogP contribution in [0.5, 0.6) is 0 Å². The molecule has 122 valence electrons. The summed E-state index contributed by atoms with van der Waals surface area (Å²) in [6.07, 6.45) is -2.98. The molecule has 0 aromatic heterocycles. The van der Waals surface area contributed by atoms with Crippen LogP contribution in [0.2, 0.25) is 0 Å². The number of alkyl halides is 3. The van der Waals surface area contributed by atoms with Crippen LogP contribution in [0.3, 0.4) is 0 Å². The van der Waals surface area contributed by atoms with Crippen molar-refractivity contribution in [1.29, 1.82) is 0 Å². The van der Waals surface area contributed by atoms with Crippen molar-refractivity contribution in [2.24, 2.45) is 0 Å². The fourth-order valence-corrected chi connectivity index (χ4v) is 3.03. The number of hydrogen-bond donors (Lipinski definition) is 1. The van der Waals surface area contributed by atoms with E-state index in [2.05, 4.69) is 5.32 Å². The second kappa shape index (κ2) is 6.16. The van der Waals surface area contributed by atoms with Gasteiger partial charge in [0.05, 0.1) is 10.5 Å². The van der Waals surface area contributed by atoms with E-state index in [0.717, 1.165) is 17.8 Å². The zero-order chi connectivity index (χ0) is 17.3. The van der Waals surface area contributed by atoms with Crippen molar-refractivity contribution in [3.8, 4) is 11.1 Å². The minimum absolute atomic E-state index is 0.0600. The van der Waals surface area contributed by atoms with Crippen LogP contribution in [0, 0.1) is 0 Å². The van der Waals surface area contributed by atoms with Gasteiger partial charge in [0, 0.05) is 0 Å². The van der Waals surface area contributed by atoms with Gasteiger partial charge in [0.15, 0.2) is 0 Å². The molecule has 2 aromatic carbocycles. The second-order valence-electron chi connectivity index (χ2n) is 5.02. The van der Waals surface area contributed by atoms with Crippen LogP contribution >= 0.6 is 11.8 Å². The smallest absolute Gasteiger partial charge is 0.282 e. The number of benzene rings is 2. The summed E-state index contributed by atoms with van der Waals surface area (Å²) in [5, 5.41) is 1.66. The minimum Gasteiger partial charge on any atom is -0.282 e. The monoisotopic (exact) mass is 349 g/mol. The molecule has 1 fully saturated rings. The highest BCUT2D eigenvalue weighted by molar-refractivity contribution is 8.18. The van der Waals surface area contributed by atoms with Gasteiger partial charge in [-0.15, -0.1) is 0 Å². The van der Waals surface area contributed by atoms with Crippen molar-refractivity contribution in [2.45, 2.75) is 6.18 Å². The van der Waals surface area contributed by atoms with E-state index < -0.39 is 22.9 Å². The van der Waals surface area contributed by atoms with Gasteiger partial charge < -0.3 is 0 Å². The fourth-order valence-electron chi connectivity index (χ4n) is 2.35. The number of nitrogens with one attached hydrogen (secondary N) is 1. The summed E-state index contributed by atoms with van der Waals surface area (Å²) in [6, 6.07) is 11.7. The Morgan fingerprint density at radius 3 is 2.42 bits per heavy atom. The lowest BCUT2D eigenvalue weighted by Crippen LogP contribution is -2.17. The van der Waals surface area contributed by atoms with E-state index in [9.17, 15) is 22.8 Å². The molecule has 7 heteroatoms. The third kappa shape index (κ3) is 3.35. The van der Waals surface area contributed by atoms with Gasteiger partial charge in [-0.05, 0) is 46.7 Å². The second-order valence-corrected chi connectivity index (χ2v) is 6.04. The molecular weight excluding hydrogens is 339 g/mol. The summed E-state index contributed by atoms with van der Waals surface area (Å²) in [5.41, 5.74) is 0.256. The lowest BCUT2D eigenvalue weighted by Gasteiger charge is -2.13. The molecule has 0 saturated carbocycles. The molecule has 2 amide bonds. The van der Waals surface area contributed by atoms with Crippen molar-refractivity contribution in [2.75, 3.05) is 0 Å². The molecule has 1 heterocycles. The average molecular weight is 349 g/mol. The van der Waals surface area contributed by atoms with Crippen LogP contribution < -0.4 is 5.32 Å². The Hall–Kier alpha value is -2.54. The molecule has 0 spiro atoms. The van der Waals surface area contributed by atoms with E-state index >= 15 is 0 Å². The molecule has 0 unspecified atom stereocenters. The minimum atomic E-state index is -4.46. The van der Waals surface area contributed by atoms with Gasteiger partial charge in [-0.1, -0.05) is 36.4 Å². The predicted octanol–water partition coefficient (Wildman–Crippen LogP) is 4.70. The highest BCUT2D eigenvalue weighted by Crippen LogP contribution is 2.37. The summed E-state index contributed by atoms with van der Waals surface area (Å²) >= 11 is 0.759. The van der Waals surface area contributed by atoms with Crippen LogP contribution in [0.4, 0.5) is 18.0 Å². The molecule has 0 bridgehead atoms.